The number of benzene rings is 1. The van der Waals surface area contributed by atoms with Crippen molar-refractivity contribution in [3.63, 3.8) is 0 Å². The van der Waals surface area contributed by atoms with Gasteiger partial charge in [0.1, 0.15) is 10.7 Å². The van der Waals surface area contributed by atoms with E-state index in [0.717, 1.165) is 5.76 Å². The molecular weight excluding hydrogens is 402 g/mol. The van der Waals surface area contributed by atoms with Crippen LogP contribution in [-0.2, 0) is 10.0 Å². The van der Waals surface area contributed by atoms with Crippen LogP contribution in [0.5, 0.6) is 0 Å². The second kappa shape index (κ2) is 9.56. The summed E-state index contributed by atoms with van der Waals surface area (Å²) in [6, 6.07) is 7.75. The predicted molar refractivity (Wildman–Crippen MR) is 109 cm³/mol. The van der Waals surface area contributed by atoms with Gasteiger partial charge in [-0.1, -0.05) is 25.4 Å². The number of nitrogens with zero attached hydrogens (tertiary/aromatic N) is 2. The first-order valence-corrected chi connectivity index (χ1v) is 10.8. The van der Waals surface area contributed by atoms with Gasteiger partial charge in [-0.05, 0) is 44.4 Å². The number of carbonyl (C=O) groups is 1. The minimum absolute atomic E-state index is 0.0688. The van der Waals surface area contributed by atoms with E-state index in [9.17, 15) is 13.2 Å². The first kappa shape index (κ1) is 22.4. The minimum Gasteiger partial charge on any atom is -0.468 e. The quantitative estimate of drug-likeness (QED) is 0.665. The molecule has 28 heavy (non-hydrogen) atoms. The van der Waals surface area contributed by atoms with Crippen molar-refractivity contribution in [3.05, 3.63) is 52.9 Å². The Morgan fingerprint density at radius 2 is 1.89 bits per heavy atom. The Kier molecular flexibility index (Phi) is 7.65. The number of nitrogens with one attached hydrogen (secondary N) is 1. The molecule has 0 fully saturated rings. The summed E-state index contributed by atoms with van der Waals surface area (Å²) in [5.41, 5.74) is 0.229. The van der Waals surface area contributed by atoms with Gasteiger partial charge < -0.3 is 9.73 Å². The molecule has 9 heteroatoms. The number of rotatable bonds is 9. The van der Waals surface area contributed by atoms with Gasteiger partial charge in [-0.25, -0.2) is 8.42 Å². The molecule has 1 heterocycles. The van der Waals surface area contributed by atoms with Gasteiger partial charge in [0, 0.05) is 25.2 Å². The molecule has 0 radical (unpaired) electrons. The molecule has 1 N–H and O–H groups in total. The minimum atomic E-state index is -3.77. The standard InChI is InChI=1S/C19H26ClN3O4S/c1-5-23(6-2)28(25,26)18-12-14(9-10-15(18)20)19(24)21-13-16(22(3)4)17-8-7-11-27-17/h7-12,16H,5-6,13H2,1-4H3,(H,21,24). The Balaban J connectivity index is 2.23. The molecule has 2 rings (SSSR count). The topological polar surface area (TPSA) is 82.9 Å². The summed E-state index contributed by atoms with van der Waals surface area (Å²) in [6.45, 7) is 4.45. The molecular formula is C19H26ClN3O4S. The van der Waals surface area contributed by atoms with Crippen LogP contribution in [0.3, 0.4) is 0 Å². The van der Waals surface area contributed by atoms with Crippen LogP contribution in [0, 0.1) is 0 Å². The van der Waals surface area contributed by atoms with Crippen LogP contribution in [0.25, 0.3) is 0 Å². The highest BCUT2D eigenvalue weighted by atomic mass is 35.5. The monoisotopic (exact) mass is 427 g/mol. The van der Waals surface area contributed by atoms with E-state index in [1.54, 1.807) is 26.2 Å². The molecule has 0 saturated carbocycles. The summed E-state index contributed by atoms with van der Waals surface area (Å²) in [7, 11) is 0.000722. The fourth-order valence-corrected chi connectivity index (χ4v) is 4.81. The summed E-state index contributed by atoms with van der Waals surface area (Å²) in [5, 5.41) is 2.92. The van der Waals surface area contributed by atoms with Crippen molar-refractivity contribution in [2.75, 3.05) is 33.7 Å². The van der Waals surface area contributed by atoms with Crippen LogP contribution in [0.4, 0.5) is 0 Å². The van der Waals surface area contributed by atoms with Gasteiger partial charge in [-0.3, -0.25) is 9.69 Å². The highest BCUT2D eigenvalue weighted by Crippen LogP contribution is 2.26. The lowest BCUT2D eigenvalue weighted by Crippen LogP contribution is -2.34. The van der Waals surface area contributed by atoms with E-state index in [1.807, 2.05) is 25.1 Å². The summed E-state index contributed by atoms with van der Waals surface area (Å²) in [5.74, 6) is 0.345. The van der Waals surface area contributed by atoms with Gasteiger partial charge in [0.05, 0.1) is 17.3 Å². The molecule has 1 unspecified atom stereocenters. The lowest BCUT2D eigenvalue weighted by Gasteiger charge is -2.23. The van der Waals surface area contributed by atoms with Crippen LogP contribution < -0.4 is 5.32 Å². The SMILES string of the molecule is CCN(CC)S(=O)(=O)c1cc(C(=O)NCC(c2ccco2)N(C)C)ccc1Cl. The Hall–Kier alpha value is -1.87. The van der Waals surface area contributed by atoms with Crippen LogP contribution in [0.1, 0.15) is 36.0 Å². The molecule has 1 aromatic carbocycles. The normalized spacial score (nSPS) is 13.1. The van der Waals surface area contributed by atoms with Gasteiger partial charge in [0.2, 0.25) is 10.0 Å². The number of likely N-dealkylation sites (N-methyl/N-ethyl adjacent to an activating group) is 1. The van der Waals surface area contributed by atoms with Crippen molar-refractivity contribution in [1.29, 1.82) is 0 Å². The largest absolute Gasteiger partial charge is 0.468 e. The maximum absolute atomic E-state index is 12.8. The second-order valence-corrected chi connectivity index (χ2v) is 8.75. The third kappa shape index (κ3) is 4.94. The van der Waals surface area contributed by atoms with E-state index < -0.39 is 10.0 Å². The van der Waals surface area contributed by atoms with E-state index in [2.05, 4.69) is 5.32 Å². The number of furan rings is 1. The van der Waals surface area contributed by atoms with Gasteiger partial charge in [-0.15, -0.1) is 0 Å². The molecule has 0 bridgehead atoms. The summed E-state index contributed by atoms with van der Waals surface area (Å²) < 4.78 is 32.3. The van der Waals surface area contributed by atoms with Crippen molar-refractivity contribution >= 4 is 27.5 Å². The zero-order valence-electron chi connectivity index (χ0n) is 16.5. The van der Waals surface area contributed by atoms with Crippen LogP contribution >= 0.6 is 11.6 Å². The molecule has 0 aliphatic carbocycles. The van der Waals surface area contributed by atoms with E-state index in [1.165, 1.54) is 22.5 Å². The fourth-order valence-electron chi connectivity index (χ4n) is 2.85. The van der Waals surface area contributed by atoms with Crippen molar-refractivity contribution in [1.82, 2.24) is 14.5 Å². The second-order valence-electron chi connectivity index (χ2n) is 6.44. The zero-order chi connectivity index (χ0) is 20.9. The van der Waals surface area contributed by atoms with Crippen molar-refractivity contribution in [2.24, 2.45) is 0 Å². The van der Waals surface area contributed by atoms with Gasteiger partial charge in [0.25, 0.3) is 5.91 Å². The highest BCUT2D eigenvalue weighted by Gasteiger charge is 2.26. The van der Waals surface area contributed by atoms with E-state index in [0.29, 0.717) is 19.6 Å². The molecule has 0 saturated heterocycles. The number of hydrogen-bond donors (Lipinski definition) is 1. The molecule has 154 valence electrons. The Morgan fingerprint density at radius 1 is 1.21 bits per heavy atom. The molecule has 7 nitrogen and oxygen atoms in total. The molecule has 1 aromatic heterocycles. The first-order valence-electron chi connectivity index (χ1n) is 9.00. The van der Waals surface area contributed by atoms with Crippen LogP contribution in [-0.4, -0.2) is 57.3 Å². The molecule has 0 spiro atoms. The average Bonchev–Trinajstić information content (AvgIpc) is 3.16. The zero-order valence-corrected chi connectivity index (χ0v) is 18.0. The maximum Gasteiger partial charge on any atom is 0.251 e. The highest BCUT2D eigenvalue weighted by molar-refractivity contribution is 7.89. The Bertz CT molecular complexity index is 894. The molecule has 0 aliphatic heterocycles. The number of carbonyl (C=O) groups excluding carboxylic acids is 1. The Morgan fingerprint density at radius 3 is 2.43 bits per heavy atom. The average molecular weight is 428 g/mol. The van der Waals surface area contributed by atoms with E-state index in [4.69, 9.17) is 16.0 Å². The van der Waals surface area contributed by atoms with E-state index >= 15 is 0 Å². The number of hydrogen-bond acceptors (Lipinski definition) is 5. The van der Waals surface area contributed by atoms with Crippen molar-refractivity contribution in [2.45, 2.75) is 24.8 Å². The lowest BCUT2D eigenvalue weighted by atomic mass is 10.1. The third-order valence-corrected chi connectivity index (χ3v) is 7.00. The molecule has 1 atom stereocenters. The van der Waals surface area contributed by atoms with Crippen molar-refractivity contribution in [3.8, 4) is 0 Å². The van der Waals surface area contributed by atoms with Gasteiger partial charge in [0.15, 0.2) is 0 Å². The smallest absolute Gasteiger partial charge is 0.251 e. The summed E-state index contributed by atoms with van der Waals surface area (Å²) in [6.07, 6.45) is 1.58. The number of halogens is 1. The summed E-state index contributed by atoms with van der Waals surface area (Å²) in [4.78, 5) is 14.5. The molecule has 2 aromatic rings. The van der Waals surface area contributed by atoms with Gasteiger partial charge in [-0.2, -0.15) is 4.31 Å². The van der Waals surface area contributed by atoms with Crippen LogP contribution in [0.15, 0.2) is 45.9 Å². The summed E-state index contributed by atoms with van der Waals surface area (Å²) >= 11 is 6.12. The number of amides is 1. The van der Waals surface area contributed by atoms with Crippen LogP contribution in [0.2, 0.25) is 5.02 Å². The lowest BCUT2D eigenvalue weighted by molar-refractivity contribution is 0.0939. The van der Waals surface area contributed by atoms with Gasteiger partial charge >= 0.3 is 0 Å². The fraction of sp³-hybridized carbons (Fsp3) is 0.421. The molecule has 0 aliphatic rings. The maximum atomic E-state index is 12.8. The molecule has 1 amide bonds. The third-order valence-electron chi connectivity index (χ3n) is 4.47. The van der Waals surface area contributed by atoms with Crippen molar-refractivity contribution < 1.29 is 17.6 Å². The Labute approximate surface area is 171 Å². The van der Waals surface area contributed by atoms with E-state index in [-0.39, 0.29) is 27.4 Å². The first-order chi connectivity index (χ1) is 13.2. The predicted octanol–water partition coefficient (Wildman–Crippen LogP) is 3.00. The number of sulfonamides is 1.